The van der Waals surface area contributed by atoms with E-state index in [-0.39, 0.29) is 11.9 Å². The molecule has 2 fully saturated rings. The molecule has 1 aromatic heterocycles. The lowest BCUT2D eigenvalue weighted by Gasteiger charge is -2.30. The molecule has 1 N–H and O–H groups in total. The molecule has 1 unspecified atom stereocenters. The van der Waals surface area contributed by atoms with Crippen LogP contribution in [0.1, 0.15) is 50.6 Å². The second-order valence-electron chi connectivity index (χ2n) is 8.18. The summed E-state index contributed by atoms with van der Waals surface area (Å²) in [5.74, 6) is 1.81. The molecule has 2 aliphatic rings. The minimum absolute atomic E-state index is 0.236. The van der Waals surface area contributed by atoms with E-state index in [0.29, 0.717) is 17.5 Å². The van der Waals surface area contributed by atoms with E-state index in [1.54, 1.807) is 12.1 Å². The van der Waals surface area contributed by atoms with E-state index in [1.165, 1.54) is 19.3 Å². The fraction of sp³-hybridized carbons (Fsp3) is 0.375. The highest BCUT2D eigenvalue weighted by Gasteiger charge is 2.30. The van der Waals surface area contributed by atoms with Crippen LogP contribution in [0, 0.1) is 17.2 Å². The first-order valence-electron chi connectivity index (χ1n) is 10.2. The number of aromatic nitrogens is 1. The molecule has 0 aliphatic heterocycles. The van der Waals surface area contributed by atoms with E-state index in [1.807, 2.05) is 18.2 Å². The molecule has 0 bridgehead atoms. The first-order valence-corrected chi connectivity index (χ1v) is 10.2. The maximum Gasteiger partial charge on any atom is 0.119 e. The molecule has 0 radical (unpaired) electrons. The molecule has 1 heterocycles. The number of aromatic hydroxyl groups is 1. The Bertz CT molecular complexity index is 1070. The third-order valence-electron chi connectivity index (χ3n) is 6.28. The van der Waals surface area contributed by atoms with Gasteiger partial charge in [0.1, 0.15) is 17.6 Å². The molecule has 2 aliphatic carbocycles. The van der Waals surface area contributed by atoms with Crippen molar-refractivity contribution in [1.82, 2.24) is 4.57 Å². The summed E-state index contributed by atoms with van der Waals surface area (Å²) in [6.45, 7) is 2.14. The van der Waals surface area contributed by atoms with Crippen molar-refractivity contribution < 1.29 is 9.84 Å². The summed E-state index contributed by atoms with van der Waals surface area (Å²) in [4.78, 5) is 0. The zero-order valence-corrected chi connectivity index (χ0v) is 16.1. The fourth-order valence-corrected chi connectivity index (χ4v) is 4.29. The molecule has 4 nitrogen and oxygen atoms in total. The third-order valence-corrected chi connectivity index (χ3v) is 6.28. The SMILES string of the molecule is CC(Oc1ccc(-c2c(C#N)c3ccc(O)cc3n2C2CCC2)cc1)C1CC1. The number of phenols is 1. The number of phenolic OH excluding ortho intramolecular Hbond substituents is 1. The van der Waals surface area contributed by atoms with Gasteiger partial charge in [-0.25, -0.2) is 0 Å². The topological polar surface area (TPSA) is 58.2 Å². The van der Waals surface area contributed by atoms with Crippen LogP contribution in [0.5, 0.6) is 11.5 Å². The fourth-order valence-electron chi connectivity index (χ4n) is 4.29. The van der Waals surface area contributed by atoms with Crippen LogP contribution in [0.3, 0.4) is 0 Å². The minimum Gasteiger partial charge on any atom is -0.508 e. The molecule has 0 spiro atoms. The van der Waals surface area contributed by atoms with Crippen LogP contribution < -0.4 is 4.74 Å². The minimum atomic E-state index is 0.236. The van der Waals surface area contributed by atoms with Crippen molar-refractivity contribution in [3.63, 3.8) is 0 Å². The third kappa shape index (κ3) is 2.82. The van der Waals surface area contributed by atoms with Crippen LogP contribution in [0.15, 0.2) is 42.5 Å². The van der Waals surface area contributed by atoms with Gasteiger partial charge in [-0.3, -0.25) is 0 Å². The quantitative estimate of drug-likeness (QED) is 0.617. The van der Waals surface area contributed by atoms with Crippen LogP contribution in [-0.2, 0) is 0 Å². The molecule has 3 aromatic rings. The molecule has 2 aromatic carbocycles. The highest BCUT2D eigenvalue weighted by atomic mass is 16.5. The van der Waals surface area contributed by atoms with Gasteiger partial charge in [-0.05, 0) is 86.9 Å². The Kier molecular flexibility index (Phi) is 4.05. The highest BCUT2D eigenvalue weighted by Crippen LogP contribution is 2.43. The Morgan fingerprint density at radius 3 is 2.46 bits per heavy atom. The van der Waals surface area contributed by atoms with E-state index in [9.17, 15) is 10.4 Å². The maximum atomic E-state index is 10.0. The van der Waals surface area contributed by atoms with Gasteiger partial charge >= 0.3 is 0 Å². The smallest absolute Gasteiger partial charge is 0.119 e. The van der Waals surface area contributed by atoms with Crippen molar-refractivity contribution in [3.05, 3.63) is 48.0 Å². The molecule has 142 valence electrons. The van der Waals surface area contributed by atoms with Gasteiger partial charge in [-0.1, -0.05) is 0 Å². The van der Waals surface area contributed by atoms with Gasteiger partial charge in [0.2, 0.25) is 0 Å². The van der Waals surface area contributed by atoms with E-state index in [4.69, 9.17) is 4.74 Å². The summed E-state index contributed by atoms with van der Waals surface area (Å²) in [6, 6.07) is 16.2. The van der Waals surface area contributed by atoms with Crippen molar-refractivity contribution in [3.8, 4) is 28.8 Å². The molecule has 4 heteroatoms. The summed E-state index contributed by atoms with van der Waals surface area (Å²) in [5, 5.41) is 20.9. The lowest BCUT2D eigenvalue weighted by Crippen LogP contribution is -2.17. The first-order chi connectivity index (χ1) is 13.7. The van der Waals surface area contributed by atoms with Gasteiger partial charge in [-0.2, -0.15) is 5.26 Å². The summed E-state index contributed by atoms with van der Waals surface area (Å²) in [6.07, 6.45) is 6.20. The Labute approximate surface area is 165 Å². The Balaban J connectivity index is 1.60. The van der Waals surface area contributed by atoms with Crippen LogP contribution in [0.2, 0.25) is 0 Å². The van der Waals surface area contributed by atoms with Crippen LogP contribution >= 0.6 is 0 Å². The number of fused-ring (bicyclic) bond motifs is 1. The molecular formula is C24H24N2O2. The average molecular weight is 372 g/mol. The molecular weight excluding hydrogens is 348 g/mol. The van der Waals surface area contributed by atoms with Gasteiger partial charge in [-0.15, -0.1) is 0 Å². The number of ether oxygens (including phenoxy) is 1. The van der Waals surface area contributed by atoms with Crippen molar-refractivity contribution in [2.75, 3.05) is 0 Å². The maximum absolute atomic E-state index is 10.0. The van der Waals surface area contributed by atoms with E-state index >= 15 is 0 Å². The summed E-state index contributed by atoms with van der Waals surface area (Å²) < 4.78 is 8.33. The first kappa shape index (κ1) is 17.2. The van der Waals surface area contributed by atoms with Crippen molar-refractivity contribution in [1.29, 1.82) is 5.26 Å². The summed E-state index contributed by atoms with van der Waals surface area (Å²) in [7, 11) is 0. The van der Waals surface area contributed by atoms with Crippen LogP contribution in [-0.4, -0.2) is 15.8 Å². The number of nitrogens with zero attached hydrogens (tertiary/aromatic N) is 2. The number of hydrogen-bond acceptors (Lipinski definition) is 3. The van der Waals surface area contributed by atoms with Gasteiger partial charge < -0.3 is 14.4 Å². The number of hydrogen-bond donors (Lipinski definition) is 1. The lowest BCUT2D eigenvalue weighted by molar-refractivity contribution is 0.198. The Hall–Kier alpha value is -2.93. The monoisotopic (exact) mass is 372 g/mol. The zero-order chi connectivity index (χ0) is 19.3. The molecule has 5 rings (SSSR count). The molecule has 0 amide bonds. The van der Waals surface area contributed by atoms with Crippen molar-refractivity contribution in [2.45, 2.75) is 51.2 Å². The standard InChI is InChI=1S/C24H24N2O2/c1-15(16-5-6-16)28-20-10-7-17(8-11-20)24-22(14-25)21-12-9-19(27)13-23(21)26(24)18-3-2-4-18/h7-13,15-16,18,27H,2-6H2,1H3. The van der Waals surface area contributed by atoms with E-state index in [2.05, 4.69) is 29.7 Å². The van der Waals surface area contributed by atoms with Gasteiger partial charge in [0.15, 0.2) is 0 Å². The van der Waals surface area contributed by atoms with Gasteiger partial charge in [0.25, 0.3) is 0 Å². The molecule has 1 atom stereocenters. The normalized spacial score (nSPS) is 17.9. The number of benzene rings is 2. The predicted octanol–water partition coefficient (Wildman–Crippen LogP) is 5.79. The molecule has 2 saturated carbocycles. The largest absolute Gasteiger partial charge is 0.508 e. The van der Waals surface area contributed by atoms with Gasteiger partial charge in [0.05, 0.1) is 22.9 Å². The van der Waals surface area contributed by atoms with Crippen molar-refractivity contribution in [2.24, 2.45) is 5.92 Å². The predicted molar refractivity (Wildman–Crippen MR) is 109 cm³/mol. The number of nitriles is 1. The molecule has 28 heavy (non-hydrogen) atoms. The average Bonchev–Trinajstić information content (AvgIpc) is 3.46. The highest BCUT2D eigenvalue weighted by molar-refractivity contribution is 5.95. The Morgan fingerprint density at radius 2 is 1.86 bits per heavy atom. The van der Waals surface area contributed by atoms with Crippen LogP contribution in [0.4, 0.5) is 0 Å². The van der Waals surface area contributed by atoms with Crippen molar-refractivity contribution >= 4 is 10.9 Å². The Morgan fingerprint density at radius 1 is 1.11 bits per heavy atom. The van der Waals surface area contributed by atoms with Crippen LogP contribution in [0.25, 0.3) is 22.2 Å². The second-order valence-corrected chi connectivity index (χ2v) is 8.18. The summed E-state index contributed by atoms with van der Waals surface area (Å²) in [5.41, 5.74) is 3.60. The van der Waals surface area contributed by atoms with Gasteiger partial charge in [0, 0.05) is 17.5 Å². The molecule has 0 saturated heterocycles. The number of rotatable bonds is 5. The summed E-state index contributed by atoms with van der Waals surface area (Å²) >= 11 is 0. The second kappa shape index (κ2) is 6.60. The zero-order valence-electron chi connectivity index (χ0n) is 16.1. The van der Waals surface area contributed by atoms with E-state index < -0.39 is 0 Å². The van der Waals surface area contributed by atoms with E-state index in [0.717, 1.165) is 40.8 Å². The lowest BCUT2D eigenvalue weighted by atomic mass is 9.92.